The lowest BCUT2D eigenvalue weighted by Crippen LogP contribution is -1.98. The summed E-state index contributed by atoms with van der Waals surface area (Å²) >= 11 is 12.8. The van der Waals surface area contributed by atoms with E-state index in [9.17, 15) is 10.2 Å². The Morgan fingerprint density at radius 3 is 1.87 bits per heavy atom. The van der Waals surface area contributed by atoms with Crippen LogP contribution in [0.5, 0.6) is 11.8 Å². The average molecular weight is 549 g/mol. The van der Waals surface area contributed by atoms with E-state index in [-0.39, 0.29) is 44.6 Å². The molecule has 0 saturated heterocycles. The summed E-state index contributed by atoms with van der Waals surface area (Å²) < 4.78 is 2.80. The van der Waals surface area contributed by atoms with Crippen LogP contribution in [0.2, 0.25) is 10.0 Å². The van der Waals surface area contributed by atoms with Gasteiger partial charge in [0, 0.05) is 0 Å². The molecule has 2 heterocycles. The molecule has 0 amide bonds. The molecule has 0 aliphatic heterocycles. The second-order valence-electron chi connectivity index (χ2n) is 8.44. The standard InChI is InChI=1S/C26H22Cl2N8O2/c1-15-23(25(37)35(33-15)17-9-5-3-6-10-17)31-29-21-13-20(28)22(14-19(21)27)30-32-24-16(2)34-36(26(24)38)18-11-7-4-8-12-18/h3,5-7,9-14,37-38H,4,8H2,1-2H3/b31-29+,32-30+. The Morgan fingerprint density at radius 2 is 1.32 bits per heavy atom. The summed E-state index contributed by atoms with van der Waals surface area (Å²) in [5.41, 5.74) is 3.41. The van der Waals surface area contributed by atoms with E-state index in [0.29, 0.717) is 17.1 Å². The minimum Gasteiger partial charge on any atom is -0.492 e. The van der Waals surface area contributed by atoms with Crippen molar-refractivity contribution < 1.29 is 10.2 Å². The summed E-state index contributed by atoms with van der Waals surface area (Å²) in [5, 5.41) is 47.1. The molecule has 0 spiro atoms. The summed E-state index contributed by atoms with van der Waals surface area (Å²) in [7, 11) is 0. The first kappa shape index (κ1) is 25.4. The maximum atomic E-state index is 10.7. The molecule has 2 N–H and O–H groups in total. The van der Waals surface area contributed by atoms with Gasteiger partial charge in [-0.25, -0.2) is 0 Å². The molecule has 12 heteroatoms. The molecule has 10 nitrogen and oxygen atoms in total. The number of hydrogen-bond acceptors (Lipinski definition) is 8. The predicted molar refractivity (Wildman–Crippen MR) is 146 cm³/mol. The number of nitrogens with zero attached hydrogens (tertiary/aromatic N) is 8. The quantitative estimate of drug-likeness (QED) is 0.234. The van der Waals surface area contributed by atoms with Gasteiger partial charge in [-0.2, -0.15) is 19.6 Å². The highest BCUT2D eigenvalue weighted by atomic mass is 35.5. The van der Waals surface area contributed by atoms with Crippen LogP contribution in [0.25, 0.3) is 11.4 Å². The van der Waals surface area contributed by atoms with Crippen molar-refractivity contribution in [3.05, 3.63) is 82.1 Å². The number of halogens is 2. The topological polar surface area (TPSA) is 126 Å². The van der Waals surface area contributed by atoms with Gasteiger partial charge in [-0.1, -0.05) is 53.6 Å². The van der Waals surface area contributed by atoms with Crippen LogP contribution in [0.1, 0.15) is 24.2 Å². The molecule has 192 valence electrons. The van der Waals surface area contributed by atoms with Gasteiger partial charge in [-0.3, -0.25) is 0 Å². The highest BCUT2D eigenvalue weighted by Gasteiger charge is 2.18. The summed E-state index contributed by atoms with van der Waals surface area (Å²) in [6, 6.07) is 12.2. The fourth-order valence-electron chi connectivity index (χ4n) is 3.82. The van der Waals surface area contributed by atoms with Crippen molar-refractivity contribution in [2.45, 2.75) is 26.7 Å². The second kappa shape index (κ2) is 10.6. The lowest BCUT2D eigenvalue weighted by Gasteiger charge is -2.07. The number of aryl methyl sites for hydroxylation is 2. The highest BCUT2D eigenvalue weighted by Crippen LogP contribution is 2.40. The van der Waals surface area contributed by atoms with Crippen molar-refractivity contribution in [1.29, 1.82) is 0 Å². The van der Waals surface area contributed by atoms with Crippen LogP contribution in [-0.4, -0.2) is 29.8 Å². The van der Waals surface area contributed by atoms with Crippen molar-refractivity contribution in [3.63, 3.8) is 0 Å². The highest BCUT2D eigenvalue weighted by molar-refractivity contribution is 6.36. The Hall–Kier alpha value is -4.28. The molecule has 1 aliphatic rings. The first-order chi connectivity index (χ1) is 18.3. The molecular weight excluding hydrogens is 527 g/mol. The smallest absolute Gasteiger partial charge is 0.243 e. The van der Waals surface area contributed by atoms with Crippen LogP contribution in [0.4, 0.5) is 22.7 Å². The summed E-state index contributed by atoms with van der Waals surface area (Å²) in [5.74, 6) is -0.275. The van der Waals surface area contributed by atoms with Gasteiger partial charge >= 0.3 is 0 Å². The van der Waals surface area contributed by atoms with Gasteiger partial charge < -0.3 is 10.2 Å². The molecule has 0 radical (unpaired) electrons. The van der Waals surface area contributed by atoms with Crippen LogP contribution in [0.3, 0.4) is 0 Å². The molecular formula is C26H22Cl2N8O2. The molecule has 0 atom stereocenters. The Morgan fingerprint density at radius 1 is 0.763 bits per heavy atom. The van der Waals surface area contributed by atoms with Crippen molar-refractivity contribution in [2.75, 3.05) is 0 Å². The van der Waals surface area contributed by atoms with E-state index in [1.807, 2.05) is 48.6 Å². The van der Waals surface area contributed by atoms with Gasteiger partial charge in [-0.05, 0) is 57.0 Å². The first-order valence-electron chi connectivity index (χ1n) is 11.7. The molecule has 2 aromatic heterocycles. The predicted octanol–water partition coefficient (Wildman–Crippen LogP) is 8.43. The van der Waals surface area contributed by atoms with E-state index in [4.69, 9.17) is 23.2 Å². The molecule has 5 rings (SSSR count). The van der Waals surface area contributed by atoms with Crippen molar-refractivity contribution in [1.82, 2.24) is 19.6 Å². The molecule has 0 bridgehead atoms. The van der Waals surface area contributed by atoms with E-state index in [1.165, 1.54) is 21.5 Å². The molecule has 0 saturated carbocycles. The zero-order valence-corrected chi connectivity index (χ0v) is 21.9. The molecule has 2 aromatic carbocycles. The lowest BCUT2D eigenvalue weighted by atomic mass is 10.1. The van der Waals surface area contributed by atoms with E-state index in [1.54, 1.807) is 13.8 Å². The molecule has 0 unspecified atom stereocenters. The maximum Gasteiger partial charge on any atom is 0.243 e. The molecule has 1 aliphatic carbocycles. The van der Waals surface area contributed by atoms with Crippen molar-refractivity contribution in [2.24, 2.45) is 20.5 Å². The van der Waals surface area contributed by atoms with E-state index in [2.05, 4.69) is 30.7 Å². The second-order valence-corrected chi connectivity index (χ2v) is 9.25. The fraction of sp³-hybridized carbons (Fsp3) is 0.154. The minimum absolute atomic E-state index is 0.122. The Kier molecular flexibility index (Phi) is 7.08. The van der Waals surface area contributed by atoms with Crippen LogP contribution in [0, 0.1) is 13.8 Å². The summed E-state index contributed by atoms with van der Waals surface area (Å²) in [6.07, 6.45) is 7.72. The Balaban J connectivity index is 1.40. The average Bonchev–Trinajstić information content (AvgIpc) is 3.37. The zero-order valence-electron chi connectivity index (χ0n) is 20.4. The number of benzene rings is 2. The van der Waals surface area contributed by atoms with E-state index < -0.39 is 0 Å². The fourth-order valence-corrected chi connectivity index (χ4v) is 4.21. The molecule has 4 aromatic rings. The molecule has 38 heavy (non-hydrogen) atoms. The SMILES string of the molecule is Cc1nn(C2=CCCC=C2)c(O)c1/N=N/c1cc(Cl)c(/N=N/c2c(C)nn(-c3ccccc3)c2O)cc1Cl. The van der Waals surface area contributed by atoms with Crippen LogP contribution < -0.4 is 0 Å². The van der Waals surface area contributed by atoms with Gasteiger partial charge in [0.2, 0.25) is 11.8 Å². The maximum absolute atomic E-state index is 10.7. The number of rotatable bonds is 6. The lowest BCUT2D eigenvalue weighted by molar-refractivity contribution is 0.434. The number of allylic oxidation sites excluding steroid dienone is 4. The normalized spacial score (nSPS) is 13.6. The third kappa shape index (κ3) is 4.96. The first-order valence-corrected chi connectivity index (χ1v) is 12.4. The molecule has 0 fully saturated rings. The number of azo groups is 2. The van der Waals surface area contributed by atoms with Gasteiger partial charge in [0.05, 0.1) is 32.8 Å². The largest absolute Gasteiger partial charge is 0.492 e. The minimum atomic E-state index is -0.153. The van der Waals surface area contributed by atoms with E-state index in [0.717, 1.165) is 18.5 Å². The number of aromatic nitrogens is 4. The van der Waals surface area contributed by atoms with Gasteiger partial charge in [0.25, 0.3) is 0 Å². The monoisotopic (exact) mass is 548 g/mol. The third-order valence-corrected chi connectivity index (χ3v) is 6.37. The van der Waals surface area contributed by atoms with Gasteiger partial charge in [0.15, 0.2) is 11.4 Å². The summed E-state index contributed by atoms with van der Waals surface area (Å²) in [4.78, 5) is 0. The van der Waals surface area contributed by atoms with Gasteiger partial charge in [0.1, 0.15) is 11.4 Å². The van der Waals surface area contributed by atoms with Gasteiger partial charge in [-0.15, -0.1) is 20.5 Å². The van der Waals surface area contributed by atoms with Crippen molar-refractivity contribution >= 4 is 51.6 Å². The number of aromatic hydroxyl groups is 2. The van der Waals surface area contributed by atoms with Crippen molar-refractivity contribution in [3.8, 4) is 17.4 Å². The number of para-hydroxylation sites is 1. The van der Waals surface area contributed by atoms with Crippen LogP contribution in [-0.2, 0) is 0 Å². The third-order valence-electron chi connectivity index (χ3n) is 5.76. The zero-order chi connectivity index (χ0) is 26.8. The summed E-state index contributed by atoms with van der Waals surface area (Å²) in [6.45, 7) is 3.44. The van der Waals surface area contributed by atoms with Crippen LogP contribution in [0.15, 0.2) is 81.1 Å². The van der Waals surface area contributed by atoms with Crippen LogP contribution >= 0.6 is 23.2 Å². The Bertz CT molecular complexity index is 1630. The van der Waals surface area contributed by atoms with E-state index >= 15 is 0 Å². The number of hydrogen-bond donors (Lipinski definition) is 2. The Labute approximate surface area is 227 Å².